The Balaban J connectivity index is 1.79. The topological polar surface area (TPSA) is 97.7 Å². The molecule has 29 heavy (non-hydrogen) atoms. The van der Waals surface area contributed by atoms with E-state index in [1.165, 1.54) is 42.5 Å². The maximum Gasteiger partial charge on any atom is 0.339 e. The Bertz CT molecular complexity index is 1290. The predicted molar refractivity (Wildman–Crippen MR) is 105 cm³/mol. The van der Waals surface area contributed by atoms with Crippen LogP contribution in [0.3, 0.4) is 0 Å². The minimum absolute atomic E-state index is 0.0175. The van der Waals surface area contributed by atoms with E-state index in [2.05, 4.69) is 0 Å². The van der Waals surface area contributed by atoms with Crippen LogP contribution in [0.25, 0.3) is 0 Å². The normalized spacial score (nSPS) is 13.0. The number of phenolic OH excluding ortho intramolecular Hbond substituents is 1. The van der Waals surface area contributed by atoms with Gasteiger partial charge in [-0.15, -0.1) is 0 Å². The summed E-state index contributed by atoms with van der Waals surface area (Å²) in [6.07, 6.45) is 0. The van der Waals surface area contributed by atoms with Crippen molar-refractivity contribution in [1.82, 2.24) is 0 Å². The molecule has 3 aromatic rings. The molecule has 0 atom stereocenters. The van der Waals surface area contributed by atoms with Gasteiger partial charge < -0.3 is 9.29 Å². The fourth-order valence-corrected chi connectivity index (χ4v) is 4.32. The monoisotopic (exact) mass is 408 g/mol. The molecule has 1 aliphatic carbocycles. The highest BCUT2D eigenvalue weighted by molar-refractivity contribution is 7.87. The van der Waals surface area contributed by atoms with Crippen molar-refractivity contribution in [3.8, 4) is 11.5 Å². The van der Waals surface area contributed by atoms with E-state index < -0.39 is 21.7 Å². The summed E-state index contributed by atoms with van der Waals surface area (Å²) in [7, 11) is -4.11. The third-order valence-corrected chi connectivity index (χ3v) is 6.07. The second-order valence-corrected chi connectivity index (χ2v) is 8.42. The van der Waals surface area contributed by atoms with Gasteiger partial charge in [0.15, 0.2) is 11.6 Å². The van der Waals surface area contributed by atoms with Gasteiger partial charge in [-0.25, -0.2) is 0 Å². The number of benzene rings is 3. The first-order valence-corrected chi connectivity index (χ1v) is 10.2. The average Bonchev–Trinajstić information content (AvgIpc) is 2.65. The molecule has 0 fully saturated rings. The van der Waals surface area contributed by atoms with Gasteiger partial charge in [-0.3, -0.25) is 9.59 Å². The molecular weight excluding hydrogens is 392 g/mol. The van der Waals surface area contributed by atoms with Crippen LogP contribution in [0.1, 0.15) is 43.0 Å². The van der Waals surface area contributed by atoms with E-state index in [0.717, 1.165) is 5.56 Å². The van der Waals surface area contributed by atoms with Gasteiger partial charge in [0.05, 0.1) is 5.56 Å². The molecule has 1 N–H and O–H groups in total. The van der Waals surface area contributed by atoms with Crippen LogP contribution in [0.15, 0.2) is 59.5 Å². The zero-order chi connectivity index (χ0) is 20.9. The number of phenols is 1. The number of aryl methyl sites for hydroxylation is 2. The number of fused-ring (bicyclic) bond motifs is 2. The van der Waals surface area contributed by atoms with Crippen molar-refractivity contribution in [1.29, 1.82) is 0 Å². The van der Waals surface area contributed by atoms with Crippen LogP contribution in [0.5, 0.6) is 11.5 Å². The summed E-state index contributed by atoms with van der Waals surface area (Å²) in [6.45, 7) is 3.42. The van der Waals surface area contributed by atoms with Crippen molar-refractivity contribution in [2.75, 3.05) is 0 Å². The van der Waals surface area contributed by atoms with E-state index in [1.54, 1.807) is 19.1 Å². The maximum atomic E-state index is 12.9. The Morgan fingerprint density at radius 1 is 0.828 bits per heavy atom. The predicted octanol–water partition coefficient (Wildman–Crippen LogP) is 3.55. The molecule has 0 radical (unpaired) electrons. The van der Waals surface area contributed by atoms with E-state index in [0.29, 0.717) is 5.56 Å². The SMILES string of the molecule is Cc1ccc(S(=O)(=O)Oc2cc(C)c3c(c2)C(=O)c2cccc(O)c2C3=O)cc1. The van der Waals surface area contributed by atoms with Crippen LogP contribution in [0.4, 0.5) is 0 Å². The van der Waals surface area contributed by atoms with Crippen LogP contribution >= 0.6 is 0 Å². The number of ketones is 2. The van der Waals surface area contributed by atoms with E-state index in [-0.39, 0.29) is 38.6 Å². The van der Waals surface area contributed by atoms with Gasteiger partial charge in [-0.1, -0.05) is 29.8 Å². The van der Waals surface area contributed by atoms with Crippen LogP contribution in [0, 0.1) is 13.8 Å². The van der Waals surface area contributed by atoms with Crippen molar-refractivity contribution >= 4 is 21.7 Å². The van der Waals surface area contributed by atoms with Crippen LogP contribution in [-0.4, -0.2) is 25.1 Å². The third kappa shape index (κ3) is 3.09. The highest BCUT2D eigenvalue weighted by Crippen LogP contribution is 2.36. The summed E-state index contributed by atoms with van der Waals surface area (Å²) in [5.41, 5.74) is 1.48. The molecule has 0 aromatic heterocycles. The van der Waals surface area contributed by atoms with Gasteiger partial charge in [0, 0.05) is 16.7 Å². The molecule has 0 saturated carbocycles. The fourth-order valence-electron chi connectivity index (χ4n) is 3.40. The minimum atomic E-state index is -4.11. The van der Waals surface area contributed by atoms with Crippen LogP contribution < -0.4 is 4.18 Å². The molecule has 0 amide bonds. The van der Waals surface area contributed by atoms with Crippen molar-refractivity contribution in [3.05, 3.63) is 88.0 Å². The lowest BCUT2D eigenvalue weighted by Gasteiger charge is -2.21. The molecule has 0 spiro atoms. The molecule has 0 saturated heterocycles. The van der Waals surface area contributed by atoms with Crippen molar-refractivity contribution in [2.45, 2.75) is 18.7 Å². The number of hydrogen-bond acceptors (Lipinski definition) is 6. The van der Waals surface area contributed by atoms with Crippen LogP contribution in [-0.2, 0) is 10.1 Å². The number of rotatable bonds is 3. The Morgan fingerprint density at radius 3 is 2.21 bits per heavy atom. The van der Waals surface area contributed by atoms with Crippen molar-refractivity contribution in [2.24, 2.45) is 0 Å². The summed E-state index contributed by atoms with van der Waals surface area (Å²) in [5.74, 6) is -1.30. The molecule has 0 aliphatic heterocycles. The van der Waals surface area contributed by atoms with Crippen molar-refractivity contribution in [3.63, 3.8) is 0 Å². The van der Waals surface area contributed by atoms with Gasteiger partial charge in [0.2, 0.25) is 0 Å². The highest BCUT2D eigenvalue weighted by atomic mass is 32.2. The summed E-state index contributed by atoms with van der Waals surface area (Å²) in [4.78, 5) is 25.8. The summed E-state index contributed by atoms with van der Waals surface area (Å²) >= 11 is 0. The first kappa shape index (κ1) is 18.9. The highest BCUT2D eigenvalue weighted by Gasteiger charge is 2.34. The molecule has 0 heterocycles. The summed E-state index contributed by atoms with van der Waals surface area (Å²) in [6, 6.07) is 13.1. The zero-order valence-electron chi connectivity index (χ0n) is 15.6. The van der Waals surface area contributed by atoms with Gasteiger partial charge >= 0.3 is 10.1 Å². The molecule has 0 bridgehead atoms. The third-order valence-electron chi connectivity index (χ3n) is 4.81. The molecule has 146 valence electrons. The lowest BCUT2D eigenvalue weighted by Crippen LogP contribution is -2.22. The number of hydrogen-bond donors (Lipinski definition) is 1. The molecule has 3 aromatic carbocycles. The molecular formula is C22H16O6S. The molecule has 6 nitrogen and oxygen atoms in total. The number of aromatic hydroxyl groups is 1. The second-order valence-electron chi connectivity index (χ2n) is 6.87. The number of carbonyl (C=O) groups excluding carboxylic acids is 2. The molecule has 1 aliphatic rings. The molecule has 7 heteroatoms. The van der Waals surface area contributed by atoms with E-state index in [9.17, 15) is 23.1 Å². The summed E-state index contributed by atoms with van der Waals surface area (Å²) < 4.78 is 30.4. The van der Waals surface area contributed by atoms with E-state index in [4.69, 9.17) is 4.18 Å². The smallest absolute Gasteiger partial charge is 0.339 e. The first-order valence-electron chi connectivity index (χ1n) is 8.76. The van der Waals surface area contributed by atoms with Gasteiger partial charge in [0.1, 0.15) is 16.4 Å². The molecule has 4 rings (SSSR count). The van der Waals surface area contributed by atoms with Crippen molar-refractivity contribution < 1.29 is 27.3 Å². The lowest BCUT2D eigenvalue weighted by molar-refractivity contribution is 0.0976. The maximum absolute atomic E-state index is 12.9. The molecule has 0 unspecified atom stereocenters. The fraction of sp³-hybridized carbons (Fsp3) is 0.0909. The quantitative estimate of drug-likeness (QED) is 0.521. The Morgan fingerprint density at radius 2 is 1.52 bits per heavy atom. The van der Waals surface area contributed by atoms with E-state index in [1.807, 2.05) is 6.92 Å². The van der Waals surface area contributed by atoms with Gasteiger partial charge in [-0.2, -0.15) is 8.42 Å². The largest absolute Gasteiger partial charge is 0.507 e. The summed E-state index contributed by atoms with van der Waals surface area (Å²) in [5, 5.41) is 10.0. The first-order chi connectivity index (χ1) is 13.7. The second kappa shape index (κ2) is 6.56. The van der Waals surface area contributed by atoms with Gasteiger partial charge in [-0.05, 0) is 49.7 Å². The lowest BCUT2D eigenvalue weighted by atomic mass is 9.81. The minimum Gasteiger partial charge on any atom is -0.507 e. The standard InChI is InChI=1S/C22H16O6S/c1-12-6-8-15(9-7-12)29(26,27)28-14-10-13(2)19-17(11-14)21(24)16-4-3-5-18(23)20(16)22(19)25/h3-11,23H,1-2H3. The Kier molecular flexibility index (Phi) is 4.28. The Hall–Kier alpha value is -3.45. The van der Waals surface area contributed by atoms with Crippen LogP contribution in [0.2, 0.25) is 0 Å². The number of carbonyl (C=O) groups is 2. The van der Waals surface area contributed by atoms with E-state index >= 15 is 0 Å². The van der Waals surface area contributed by atoms with Gasteiger partial charge in [0.25, 0.3) is 0 Å². The Labute approximate surface area is 167 Å². The zero-order valence-corrected chi connectivity index (χ0v) is 16.4. The average molecular weight is 408 g/mol.